The first-order valence-electron chi connectivity index (χ1n) is 4.65. The van der Waals surface area contributed by atoms with E-state index in [1.807, 2.05) is 0 Å². The number of carbonyl (C=O) groups is 1. The van der Waals surface area contributed by atoms with Crippen molar-refractivity contribution in [2.75, 3.05) is 5.75 Å². The average Bonchev–Trinajstić information content (AvgIpc) is 2.23. The number of rotatable bonds is 2. The van der Waals surface area contributed by atoms with Gasteiger partial charge in [-0.3, -0.25) is 4.79 Å². The average molecular weight is 269 g/mol. The molecule has 4 nitrogen and oxygen atoms in total. The highest BCUT2D eigenvalue weighted by Gasteiger charge is 2.10. The molecule has 0 aliphatic rings. The van der Waals surface area contributed by atoms with E-state index < -0.39 is 10.0 Å². The predicted molar refractivity (Wildman–Crippen MR) is 67.8 cm³/mol. The fourth-order valence-corrected chi connectivity index (χ4v) is 2.13. The number of nitrogens with two attached hydrogens (primary N) is 1. The van der Waals surface area contributed by atoms with Crippen LogP contribution in [0.15, 0.2) is 29.2 Å². The lowest BCUT2D eigenvalue weighted by molar-refractivity contribution is -0.109. The molecule has 0 aliphatic heterocycles. The monoisotopic (exact) mass is 269 g/mol. The van der Waals surface area contributed by atoms with Crippen molar-refractivity contribution in [2.24, 2.45) is 5.14 Å². The summed E-state index contributed by atoms with van der Waals surface area (Å²) >= 11 is 1.07. The molecule has 2 N–H and O–H groups in total. The van der Waals surface area contributed by atoms with Gasteiger partial charge in [-0.2, -0.15) is 0 Å². The molecule has 1 aromatic carbocycles. The Morgan fingerprint density at radius 3 is 2.65 bits per heavy atom. The second-order valence-corrected chi connectivity index (χ2v) is 5.81. The molecule has 0 bridgehead atoms. The van der Waals surface area contributed by atoms with Gasteiger partial charge in [0.05, 0.1) is 10.6 Å². The van der Waals surface area contributed by atoms with Gasteiger partial charge < -0.3 is 0 Å². The first-order chi connectivity index (χ1) is 7.91. The Kier molecular flexibility index (Phi) is 4.75. The van der Waals surface area contributed by atoms with Crippen LogP contribution < -0.4 is 5.14 Å². The number of benzene rings is 1. The van der Waals surface area contributed by atoms with E-state index in [9.17, 15) is 13.2 Å². The SMILES string of the molecule is CC(=O)SCC#Cc1ccccc1S(N)(=O)=O. The molecule has 0 atom stereocenters. The Hall–Kier alpha value is -1.29. The zero-order chi connectivity index (χ0) is 12.9. The maximum Gasteiger partial charge on any atom is 0.239 e. The van der Waals surface area contributed by atoms with Crippen LogP contribution in [0.1, 0.15) is 12.5 Å². The zero-order valence-electron chi connectivity index (χ0n) is 9.14. The molecular weight excluding hydrogens is 258 g/mol. The summed E-state index contributed by atoms with van der Waals surface area (Å²) in [5, 5.41) is 5.03. The highest BCUT2D eigenvalue weighted by Crippen LogP contribution is 2.12. The molecule has 0 saturated carbocycles. The van der Waals surface area contributed by atoms with Crippen molar-refractivity contribution >= 4 is 26.9 Å². The van der Waals surface area contributed by atoms with Gasteiger partial charge in [0, 0.05) is 12.5 Å². The molecule has 0 spiro atoms. The topological polar surface area (TPSA) is 77.2 Å². The fourth-order valence-electron chi connectivity index (χ4n) is 1.09. The van der Waals surface area contributed by atoms with Crippen LogP contribution in [0.5, 0.6) is 0 Å². The van der Waals surface area contributed by atoms with Gasteiger partial charge in [0.2, 0.25) is 10.0 Å². The van der Waals surface area contributed by atoms with Crippen molar-refractivity contribution < 1.29 is 13.2 Å². The quantitative estimate of drug-likeness (QED) is 0.811. The van der Waals surface area contributed by atoms with Gasteiger partial charge in [-0.05, 0) is 12.1 Å². The van der Waals surface area contributed by atoms with Crippen LogP contribution in [0.4, 0.5) is 0 Å². The summed E-state index contributed by atoms with van der Waals surface area (Å²) in [6, 6.07) is 6.23. The standard InChI is InChI=1S/C11H11NO3S2/c1-9(13)16-8-4-6-10-5-2-3-7-11(10)17(12,14)15/h2-3,5,7H,8H2,1H3,(H2,12,14,15). The van der Waals surface area contributed by atoms with Crippen molar-refractivity contribution in [1.29, 1.82) is 0 Å². The largest absolute Gasteiger partial charge is 0.288 e. The van der Waals surface area contributed by atoms with Gasteiger partial charge >= 0.3 is 0 Å². The Labute approximate surface area is 105 Å². The van der Waals surface area contributed by atoms with Gasteiger partial charge in [-0.1, -0.05) is 35.7 Å². The first kappa shape index (κ1) is 13.8. The van der Waals surface area contributed by atoms with E-state index in [4.69, 9.17) is 5.14 Å². The van der Waals surface area contributed by atoms with E-state index in [1.165, 1.54) is 13.0 Å². The molecule has 0 amide bonds. The summed E-state index contributed by atoms with van der Waals surface area (Å²) < 4.78 is 22.5. The number of hydrogen-bond donors (Lipinski definition) is 1. The third-order valence-corrected chi connectivity index (χ3v) is 3.43. The summed E-state index contributed by atoms with van der Waals surface area (Å²) in [4.78, 5) is 10.7. The third kappa shape index (κ3) is 4.61. The summed E-state index contributed by atoms with van der Waals surface area (Å²) in [6.45, 7) is 1.45. The van der Waals surface area contributed by atoms with E-state index in [0.717, 1.165) is 11.8 Å². The molecule has 90 valence electrons. The second-order valence-electron chi connectivity index (χ2n) is 3.12. The number of sulfonamides is 1. The number of hydrogen-bond acceptors (Lipinski definition) is 4. The molecule has 17 heavy (non-hydrogen) atoms. The second kappa shape index (κ2) is 5.87. The summed E-state index contributed by atoms with van der Waals surface area (Å²) in [5.74, 6) is 5.74. The molecule has 0 heterocycles. The molecule has 6 heteroatoms. The van der Waals surface area contributed by atoms with Crippen LogP contribution in [0.3, 0.4) is 0 Å². The Balaban J connectivity index is 2.96. The Morgan fingerprint density at radius 2 is 2.06 bits per heavy atom. The van der Waals surface area contributed by atoms with E-state index in [2.05, 4.69) is 11.8 Å². The van der Waals surface area contributed by atoms with Crippen LogP contribution in [-0.2, 0) is 14.8 Å². The van der Waals surface area contributed by atoms with Crippen molar-refractivity contribution in [3.8, 4) is 11.8 Å². The zero-order valence-corrected chi connectivity index (χ0v) is 10.8. The van der Waals surface area contributed by atoms with Crippen LogP contribution >= 0.6 is 11.8 Å². The molecule has 0 radical (unpaired) electrons. The molecular formula is C11H11NO3S2. The van der Waals surface area contributed by atoms with Gasteiger partial charge in [0.25, 0.3) is 0 Å². The molecule has 0 aliphatic carbocycles. The smallest absolute Gasteiger partial charge is 0.239 e. The van der Waals surface area contributed by atoms with Crippen LogP contribution in [0.25, 0.3) is 0 Å². The van der Waals surface area contributed by atoms with Gasteiger partial charge in [-0.25, -0.2) is 13.6 Å². The lowest BCUT2D eigenvalue weighted by Gasteiger charge is -2.00. The molecule has 1 rings (SSSR count). The molecule has 0 aromatic heterocycles. The van der Waals surface area contributed by atoms with Crippen molar-refractivity contribution in [3.05, 3.63) is 29.8 Å². The Morgan fingerprint density at radius 1 is 1.41 bits per heavy atom. The van der Waals surface area contributed by atoms with Crippen molar-refractivity contribution in [2.45, 2.75) is 11.8 Å². The molecule has 0 saturated heterocycles. The maximum absolute atomic E-state index is 11.2. The van der Waals surface area contributed by atoms with Crippen LogP contribution in [-0.4, -0.2) is 19.3 Å². The van der Waals surface area contributed by atoms with Crippen LogP contribution in [0, 0.1) is 11.8 Å². The minimum absolute atomic E-state index is 0.000301. The lowest BCUT2D eigenvalue weighted by Crippen LogP contribution is -2.13. The number of thioether (sulfide) groups is 1. The van der Waals surface area contributed by atoms with Gasteiger partial charge in [-0.15, -0.1) is 0 Å². The lowest BCUT2D eigenvalue weighted by atomic mass is 10.2. The normalized spacial score (nSPS) is 10.5. The molecule has 1 aromatic rings. The highest BCUT2D eigenvalue weighted by molar-refractivity contribution is 8.13. The first-order valence-corrected chi connectivity index (χ1v) is 7.18. The minimum Gasteiger partial charge on any atom is -0.288 e. The number of carbonyl (C=O) groups excluding carboxylic acids is 1. The highest BCUT2D eigenvalue weighted by atomic mass is 32.2. The summed E-state index contributed by atoms with van der Waals surface area (Å²) in [5.41, 5.74) is 0.346. The minimum atomic E-state index is -3.76. The van der Waals surface area contributed by atoms with E-state index in [0.29, 0.717) is 11.3 Å². The summed E-state index contributed by atoms with van der Waals surface area (Å²) in [7, 11) is -3.76. The molecule has 0 unspecified atom stereocenters. The Bertz CT molecular complexity index is 582. The summed E-state index contributed by atoms with van der Waals surface area (Å²) in [6.07, 6.45) is 0. The maximum atomic E-state index is 11.2. The van der Waals surface area contributed by atoms with Crippen LogP contribution in [0.2, 0.25) is 0 Å². The van der Waals surface area contributed by atoms with Gasteiger partial charge in [0.15, 0.2) is 5.12 Å². The van der Waals surface area contributed by atoms with Crippen molar-refractivity contribution in [3.63, 3.8) is 0 Å². The van der Waals surface area contributed by atoms with Crippen molar-refractivity contribution in [1.82, 2.24) is 0 Å². The van der Waals surface area contributed by atoms with E-state index >= 15 is 0 Å². The fraction of sp³-hybridized carbons (Fsp3) is 0.182. The van der Waals surface area contributed by atoms with Gasteiger partial charge in [0.1, 0.15) is 0 Å². The third-order valence-electron chi connectivity index (χ3n) is 1.76. The predicted octanol–water partition coefficient (Wildman–Crippen LogP) is 0.965. The molecule has 0 fully saturated rings. The number of primary sulfonamides is 1. The van der Waals surface area contributed by atoms with E-state index in [1.54, 1.807) is 18.2 Å². The van der Waals surface area contributed by atoms with E-state index in [-0.39, 0.29) is 10.0 Å².